The standard InChI is InChI=1S/C12H14N4O4/c1-7(11(17)18)6-16(2)12(19)13-8-4-3-5-9-10(8)15-20-14-9/h3-5,7H,6H2,1-2H3,(H,13,19)(H,17,18). The van der Waals surface area contributed by atoms with Gasteiger partial charge in [-0.05, 0) is 22.4 Å². The molecule has 2 rings (SSSR count). The normalized spacial score (nSPS) is 12.1. The van der Waals surface area contributed by atoms with E-state index in [4.69, 9.17) is 5.11 Å². The summed E-state index contributed by atoms with van der Waals surface area (Å²) < 4.78 is 4.60. The summed E-state index contributed by atoms with van der Waals surface area (Å²) >= 11 is 0. The average Bonchev–Trinajstić information content (AvgIpc) is 2.87. The summed E-state index contributed by atoms with van der Waals surface area (Å²) in [7, 11) is 1.52. The van der Waals surface area contributed by atoms with E-state index < -0.39 is 17.9 Å². The lowest BCUT2D eigenvalue weighted by molar-refractivity contribution is -0.141. The topological polar surface area (TPSA) is 109 Å². The summed E-state index contributed by atoms with van der Waals surface area (Å²) in [5.41, 5.74) is 1.44. The van der Waals surface area contributed by atoms with E-state index in [0.29, 0.717) is 16.7 Å². The first-order valence-corrected chi connectivity index (χ1v) is 5.95. The van der Waals surface area contributed by atoms with Crippen LogP contribution >= 0.6 is 0 Å². The van der Waals surface area contributed by atoms with Gasteiger partial charge in [0, 0.05) is 13.6 Å². The molecule has 0 aliphatic rings. The minimum atomic E-state index is -0.951. The third kappa shape index (κ3) is 2.85. The van der Waals surface area contributed by atoms with Crippen molar-refractivity contribution in [3.8, 4) is 0 Å². The predicted molar refractivity (Wildman–Crippen MR) is 70.3 cm³/mol. The van der Waals surface area contributed by atoms with Crippen LogP contribution in [0.25, 0.3) is 11.0 Å². The summed E-state index contributed by atoms with van der Waals surface area (Å²) in [6, 6.07) is 4.66. The van der Waals surface area contributed by atoms with Gasteiger partial charge in [0.25, 0.3) is 0 Å². The van der Waals surface area contributed by atoms with Gasteiger partial charge in [-0.15, -0.1) is 0 Å². The van der Waals surface area contributed by atoms with Gasteiger partial charge in [0.15, 0.2) is 5.52 Å². The van der Waals surface area contributed by atoms with Crippen LogP contribution in [-0.2, 0) is 4.79 Å². The van der Waals surface area contributed by atoms with Gasteiger partial charge in [-0.3, -0.25) is 4.79 Å². The lowest BCUT2D eigenvalue weighted by Gasteiger charge is -2.19. The Labute approximate surface area is 114 Å². The Bertz CT molecular complexity index is 639. The quantitative estimate of drug-likeness (QED) is 0.875. The smallest absolute Gasteiger partial charge is 0.321 e. The second-order valence-electron chi connectivity index (χ2n) is 4.49. The molecule has 1 aromatic carbocycles. The molecule has 0 saturated carbocycles. The van der Waals surface area contributed by atoms with Crippen LogP contribution in [0.15, 0.2) is 22.8 Å². The van der Waals surface area contributed by atoms with Gasteiger partial charge in [-0.1, -0.05) is 13.0 Å². The van der Waals surface area contributed by atoms with E-state index in [9.17, 15) is 9.59 Å². The van der Waals surface area contributed by atoms with Crippen LogP contribution in [0.3, 0.4) is 0 Å². The Balaban J connectivity index is 2.07. The Kier molecular flexibility index (Phi) is 3.83. The van der Waals surface area contributed by atoms with Crippen LogP contribution in [-0.4, -0.2) is 45.9 Å². The molecule has 0 aliphatic heterocycles. The molecule has 2 aromatic rings. The van der Waals surface area contributed by atoms with Crippen molar-refractivity contribution in [2.24, 2.45) is 5.92 Å². The van der Waals surface area contributed by atoms with Crippen molar-refractivity contribution < 1.29 is 19.3 Å². The molecule has 0 aliphatic carbocycles. The fourth-order valence-corrected chi connectivity index (χ4v) is 1.69. The van der Waals surface area contributed by atoms with Gasteiger partial charge in [0.05, 0.1) is 11.6 Å². The molecule has 20 heavy (non-hydrogen) atoms. The number of hydrogen-bond acceptors (Lipinski definition) is 5. The van der Waals surface area contributed by atoms with Crippen molar-refractivity contribution in [1.82, 2.24) is 15.2 Å². The number of hydrogen-bond donors (Lipinski definition) is 2. The highest BCUT2D eigenvalue weighted by molar-refractivity contribution is 5.98. The predicted octanol–water partition coefficient (Wildman–Crippen LogP) is 1.41. The Morgan fingerprint density at radius 3 is 2.90 bits per heavy atom. The Morgan fingerprint density at radius 2 is 2.20 bits per heavy atom. The summed E-state index contributed by atoms with van der Waals surface area (Å²) in [5.74, 6) is -1.59. The zero-order chi connectivity index (χ0) is 14.7. The molecule has 1 unspecified atom stereocenters. The monoisotopic (exact) mass is 278 g/mol. The molecule has 8 nitrogen and oxygen atoms in total. The van der Waals surface area contributed by atoms with Crippen LogP contribution < -0.4 is 5.32 Å². The molecule has 2 N–H and O–H groups in total. The van der Waals surface area contributed by atoms with Gasteiger partial charge < -0.3 is 15.3 Å². The molecule has 0 bridgehead atoms. The highest BCUT2D eigenvalue weighted by Crippen LogP contribution is 2.19. The number of carbonyl (C=O) groups excluding carboxylic acids is 1. The van der Waals surface area contributed by atoms with Gasteiger partial charge in [-0.25, -0.2) is 9.42 Å². The number of benzene rings is 1. The highest BCUT2D eigenvalue weighted by Gasteiger charge is 2.18. The molecule has 106 valence electrons. The number of rotatable bonds is 4. The van der Waals surface area contributed by atoms with Crippen LogP contribution in [0.1, 0.15) is 6.92 Å². The van der Waals surface area contributed by atoms with E-state index in [1.54, 1.807) is 18.2 Å². The number of nitrogens with zero attached hydrogens (tertiary/aromatic N) is 3. The molecule has 1 atom stereocenters. The van der Waals surface area contributed by atoms with Crippen LogP contribution in [0, 0.1) is 5.92 Å². The number of anilines is 1. The van der Waals surface area contributed by atoms with E-state index >= 15 is 0 Å². The van der Waals surface area contributed by atoms with Crippen LogP contribution in [0.4, 0.5) is 10.5 Å². The summed E-state index contributed by atoms with van der Waals surface area (Å²) in [5, 5.41) is 18.9. The summed E-state index contributed by atoms with van der Waals surface area (Å²) in [6.07, 6.45) is 0. The van der Waals surface area contributed by atoms with Crippen molar-refractivity contribution in [3.05, 3.63) is 18.2 Å². The first kappa shape index (κ1) is 13.8. The van der Waals surface area contributed by atoms with Crippen LogP contribution in [0.5, 0.6) is 0 Å². The molecule has 0 spiro atoms. The number of aliphatic carboxylic acids is 1. The third-order valence-corrected chi connectivity index (χ3v) is 2.84. The fourth-order valence-electron chi connectivity index (χ4n) is 1.69. The van der Waals surface area contributed by atoms with Crippen molar-refractivity contribution in [3.63, 3.8) is 0 Å². The van der Waals surface area contributed by atoms with Gasteiger partial charge in [0.1, 0.15) is 5.52 Å². The Morgan fingerprint density at radius 1 is 1.45 bits per heavy atom. The van der Waals surface area contributed by atoms with E-state index in [-0.39, 0.29) is 6.54 Å². The van der Waals surface area contributed by atoms with Gasteiger partial charge in [0.2, 0.25) is 0 Å². The molecular weight excluding hydrogens is 264 g/mol. The van der Waals surface area contributed by atoms with Gasteiger partial charge >= 0.3 is 12.0 Å². The lowest BCUT2D eigenvalue weighted by atomic mass is 10.2. The number of carbonyl (C=O) groups is 2. The SMILES string of the molecule is CC(CN(C)C(=O)Nc1cccc2nonc12)C(=O)O. The molecule has 1 aromatic heterocycles. The molecule has 2 amide bonds. The maximum atomic E-state index is 12.0. The first-order chi connectivity index (χ1) is 9.49. The number of nitrogens with one attached hydrogen (secondary N) is 1. The highest BCUT2D eigenvalue weighted by atomic mass is 16.6. The number of fused-ring (bicyclic) bond motifs is 1. The second kappa shape index (κ2) is 5.55. The minimum absolute atomic E-state index is 0.105. The zero-order valence-electron chi connectivity index (χ0n) is 11.0. The lowest BCUT2D eigenvalue weighted by Crippen LogP contribution is -2.36. The summed E-state index contributed by atoms with van der Waals surface area (Å²) in [4.78, 5) is 24.0. The van der Waals surface area contributed by atoms with E-state index in [1.807, 2.05) is 0 Å². The molecular formula is C12H14N4O4. The average molecular weight is 278 g/mol. The number of carboxylic acid groups (broad SMARTS) is 1. The number of aromatic nitrogens is 2. The van der Waals surface area contributed by atoms with Crippen molar-refractivity contribution >= 4 is 28.7 Å². The second-order valence-corrected chi connectivity index (χ2v) is 4.49. The van der Waals surface area contributed by atoms with Crippen molar-refractivity contribution in [2.45, 2.75) is 6.92 Å². The Hall–Kier alpha value is -2.64. The largest absolute Gasteiger partial charge is 0.481 e. The molecule has 1 heterocycles. The number of urea groups is 1. The zero-order valence-corrected chi connectivity index (χ0v) is 11.0. The molecule has 8 heteroatoms. The van der Waals surface area contributed by atoms with Crippen molar-refractivity contribution in [2.75, 3.05) is 18.9 Å². The molecule has 0 fully saturated rings. The maximum Gasteiger partial charge on any atom is 0.321 e. The third-order valence-electron chi connectivity index (χ3n) is 2.84. The minimum Gasteiger partial charge on any atom is -0.481 e. The van der Waals surface area contributed by atoms with Gasteiger partial charge in [-0.2, -0.15) is 0 Å². The molecule has 0 saturated heterocycles. The summed E-state index contributed by atoms with van der Waals surface area (Å²) in [6.45, 7) is 1.64. The van der Waals surface area contributed by atoms with Crippen LogP contribution in [0.2, 0.25) is 0 Å². The fraction of sp³-hybridized carbons (Fsp3) is 0.333. The van der Waals surface area contributed by atoms with E-state index in [1.165, 1.54) is 18.9 Å². The first-order valence-electron chi connectivity index (χ1n) is 5.95. The maximum absolute atomic E-state index is 12.0. The van der Waals surface area contributed by atoms with E-state index in [2.05, 4.69) is 20.3 Å². The number of amides is 2. The van der Waals surface area contributed by atoms with Crippen molar-refractivity contribution in [1.29, 1.82) is 0 Å². The molecule has 0 radical (unpaired) electrons. The van der Waals surface area contributed by atoms with E-state index in [0.717, 1.165) is 0 Å². The number of carboxylic acids is 1.